The van der Waals surface area contributed by atoms with Crippen molar-refractivity contribution in [2.75, 3.05) is 42.0 Å². The van der Waals surface area contributed by atoms with Gasteiger partial charge in [-0.15, -0.1) is 0 Å². The van der Waals surface area contributed by atoms with Gasteiger partial charge in [0, 0.05) is 46.6 Å². The van der Waals surface area contributed by atoms with Crippen LogP contribution in [0.3, 0.4) is 0 Å². The van der Waals surface area contributed by atoms with Gasteiger partial charge in [-0.2, -0.15) is 0 Å². The van der Waals surface area contributed by atoms with E-state index in [2.05, 4.69) is 16.0 Å². The first-order valence-electron chi connectivity index (χ1n) is 19.2. The van der Waals surface area contributed by atoms with Crippen LogP contribution in [-0.4, -0.2) is 130 Å². The SMILES string of the molecule is CC[C@H](C)[C@@H]([C@@H](CC(=O)N1C[C@H](OC)C[C@@H]1[C@H](OC)[C@@H](C)C(=O)N[C@@H](C)C(=O)c1cc(F)cc(F)c1)OC)N(C)C(=O)C(NC(=O)[C@@H](NC)C(C)C)C(C)C. The van der Waals surface area contributed by atoms with Crippen molar-refractivity contribution in [3.63, 3.8) is 0 Å². The molecule has 10 atom stereocenters. The van der Waals surface area contributed by atoms with Gasteiger partial charge >= 0.3 is 0 Å². The Kier molecular flexibility index (Phi) is 18.8. The van der Waals surface area contributed by atoms with Gasteiger partial charge in [-0.25, -0.2) is 8.78 Å². The summed E-state index contributed by atoms with van der Waals surface area (Å²) in [6.45, 7) is 14.8. The number of Topliss-reactive ketones (excluding diaryl/α,β-unsaturated/α-hetero) is 1. The molecule has 1 aromatic rings. The van der Waals surface area contributed by atoms with E-state index in [1.54, 1.807) is 30.8 Å². The van der Waals surface area contributed by atoms with Crippen molar-refractivity contribution < 1.29 is 47.0 Å². The summed E-state index contributed by atoms with van der Waals surface area (Å²) in [4.78, 5) is 71.4. The lowest BCUT2D eigenvalue weighted by Crippen LogP contribution is -2.59. The minimum Gasteiger partial charge on any atom is -0.380 e. The first kappa shape index (κ1) is 47.6. The first-order chi connectivity index (χ1) is 25.8. The molecule has 0 saturated carbocycles. The number of amides is 4. The topological polar surface area (TPSA) is 156 Å². The van der Waals surface area contributed by atoms with E-state index in [9.17, 15) is 32.8 Å². The summed E-state index contributed by atoms with van der Waals surface area (Å²) in [5.41, 5.74) is -0.217. The molecule has 1 heterocycles. The summed E-state index contributed by atoms with van der Waals surface area (Å²) in [7, 11) is 7.85. The number of hydrogen-bond donors (Lipinski definition) is 3. The van der Waals surface area contributed by atoms with Gasteiger partial charge in [-0.05, 0) is 50.3 Å². The standard InChI is InChI=1S/C40H65F2N5O8/c1-14-23(6)35(46(10)40(52)34(22(4)5)45-39(51)33(43-9)21(2)3)31(54-12)19-32(48)47-20-29(53-11)18-30(47)37(55-13)24(7)38(50)44-25(8)36(49)26-15-27(41)17-28(42)16-26/h15-17,21-25,29-31,33-35,37,43H,14,18-20H2,1-13H3,(H,44,50)(H,45,51)/t23-,24+,25-,29+,30+,31+,33-,34?,35-,37+/m0/s1. The fourth-order valence-corrected chi connectivity index (χ4v) is 7.56. The molecule has 13 nitrogen and oxygen atoms in total. The highest BCUT2D eigenvalue weighted by molar-refractivity contribution is 6.01. The molecule has 4 amide bonds. The van der Waals surface area contributed by atoms with Gasteiger partial charge in [0.1, 0.15) is 17.7 Å². The number of halogens is 2. The number of likely N-dealkylation sites (tertiary alicyclic amines) is 1. The molecule has 0 aliphatic carbocycles. The van der Waals surface area contributed by atoms with E-state index >= 15 is 0 Å². The summed E-state index contributed by atoms with van der Waals surface area (Å²) >= 11 is 0. The fraction of sp³-hybridized carbons (Fsp3) is 0.725. The maximum atomic E-state index is 14.3. The van der Waals surface area contributed by atoms with E-state index in [1.165, 1.54) is 28.3 Å². The van der Waals surface area contributed by atoms with Crippen LogP contribution in [0.5, 0.6) is 0 Å². The van der Waals surface area contributed by atoms with E-state index in [0.29, 0.717) is 18.9 Å². The lowest BCUT2D eigenvalue weighted by atomic mass is 9.89. The van der Waals surface area contributed by atoms with Gasteiger partial charge in [0.25, 0.3) is 0 Å². The zero-order chi connectivity index (χ0) is 41.9. The number of carbonyl (C=O) groups excluding carboxylic acids is 5. The number of hydrogen-bond acceptors (Lipinski definition) is 9. The van der Waals surface area contributed by atoms with Gasteiger partial charge in [-0.1, -0.05) is 54.9 Å². The van der Waals surface area contributed by atoms with E-state index in [-0.39, 0.29) is 60.1 Å². The Labute approximate surface area is 325 Å². The number of likely N-dealkylation sites (N-methyl/N-ethyl adjacent to an activating group) is 2. The second-order valence-electron chi connectivity index (χ2n) is 15.5. The van der Waals surface area contributed by atoms with Crippen LogP contribution in [0, 0.1) is 35.3 Å². The van der Waals surface area contributed by atoms with Crippen LogP contribution in [0.25, 0.3) is 0 Å². The van der Waals surface area contributed by atoms with Crippen molar-refractivity contribution in [2.24, 2.45) is 23.7 Å². The van der Waals surface area contributed by atoms with Crippen molar-refractivity contribution in [2.45, 2.75) is 123 Å². The molecule has 1 aromatic carbocycles. The predicted molar refractivity (Wildman–Crippen MR) is 205 cm³/mol. The van der Waals surface area contributed by atoms with Crippen molar-refractivity contribution in [1.29, 1.82) is 0 Å². The zero-order valence-corrected chi connectivity index (χ0v) is 34.9. The molecule has 3 N–H and O–H groups in total. The third-order valence-electron chi connectivity index (χ3n) is 11.0. The molecular formula is C40H65F2N5O8. The number of nitrogens with one attached hydrogen (secondary N) is 3. The van der Waals surface area contributed by atoms with E-state index in [0.717, 1.165) is 12.1 Å². The molecule has 1 unspecified atom stereocenters. The summed E-state index contributed by atoms with van der Waals surface area (Å²) in [5.74, 6) is -5.10. The largest absolute Gasteiger partial charge is 0.380 e. The Morgan fingerprint density at radius 3 is 1.93 bits per heavy atom. The van der Waals surface area contributed by atoms with Crippen LogP contribution in [0.15, 0.2) is 18.2 Å². The molecule has 1 aliphatic rings. The van der Waals surface area contributed by atoms with Crippen molar-refractivity contribution in [3.05, 3.63) is 35.4 Å². The van der Waals surface area contributed by atoms with Gasteiger partial charge in [0.05, 0.1) is 54.8 Å². The van der Waals surface area contributed by atoms with E-state index in [1.807, 2.05) is 41.5 Å². The Balaban J connectivity index is 2.33. The van der Waals surface area contributed by atoms with E-state index < -0.39 is 71.7 Å². The normalized spacial score (nSPS) is 20.3. The fourth-order valence-electron chi connectivity index (χ4n) is 7.56. The molecular weight excluding hydrogens is 716 g/mol. The molecule has 0 radical (unpaired) electrons. The maximum absolute atomic E-state index is 14.3. The summed E-state index contributed by atoms with van der Waals surface area (Å²) in [5, 5.41) is 8.60. The molecule has 0 bridgehead atoms. The Morgan fingerprint density at radius 2 is 1.45 bits per heavy atom. The minimum atomic E-state index is -1.11. The number of nitrogens with zero attached hydrogens (tertiary/aromatic N) is 2. The van der Waals surface area contributed by atoms with Crippen LogP contribution < -0.4 is 16.0 Å². The number of ether oxygens (including phenoxy) is 3. The molecule has 0 spiro atoms. The van der Waals surface area contributed by atoms with Crippen molar-refractivity contribution in [1.82, 2.24) is 25.8 Å². The van der Waals surface area contributed by atoms with Crippen LogP contribution in [-0.2, 0) is 33.4 Å². The van der Waals surface area contributed by atoms with Crippen molar-refractivity contribution >= 4 is 29.4 Å². The molecule has 0 aromatic heterocycles. The molecule has 55 heavy (non-hydrogen) atoms. The predicted octanol–water partition coefficient (Wildman–Crippen LogP) is 3.58. The molecule has 312 valence electrons. The van der Waals surface area contributed by atoms with Crippen LogP contribution in [0.4, 0.5) is 8.78 Å². The average Bonchev–Trinajstić information content (AvgIpc) is 3.56. The molecule has 1 saturated heterocycles. The Hall–Kier alpha value is -3.53. The van der Waals surface area contributed by atoms with Crippen LogP contribution in [0.2, 0.25) is 0 Å². The van der Waals surface area contributed by atoms with Crippen LogP contribution in [0.1, 0.15) is 85.0 Å². The first-order valence-corrected chi connectivity index (χ1v) is 19.2. The smallest absolute Gasteiger partial charge is 0.245 e. The third-order valence-corrected chi connectivity index (χ3v) is 11.0. The third kappa shape index (κ3) is 12.2. The second kappa shape index (κ2) is 21.7. The number of methoxy groups -OCH3 is 3. The monoisotopic (exact) mass is 781 g/mol. The molecule has 15 heteroatoms. The number of carbonyl (C=O) groups is 5. The van der Waals surface area contributed by atoms with Gasteiger partial charge in [0.15, 0.2) is 5.78 Å². The molecule has 1 fully saturated rings. The maximum Gasteiger partial charge on any atom is 0.245 e. The summed E-state index contributed by atoms with van der Waals surface area (Å²) in [6, 6.07) is -1.09. The minimum absolute atomic E-state index is 0.00347. The number of ketones is 1. The lowest BCUT2D eigenvalue weighted by molar-refractivity contribution is -0.148. The van der Waals surface area contributed by atoms with Crippen molar-refractivity contribution in [3.8, 4) is 0 Å². The average molecular weight is 782 g/mol. The second-order valence-corrected chi connectivity index (χ2v) is 15.5. The lowest BCUT2D eigenvalue weighted by Gasteiger charge is -2.41. The zero-order valence-electron chi connectivity index (χ0n) is 34.9. The van der Waals surface area contributed by atoms with E-state index in [4.69, 9.17) is 14.2 Å². The summed E-state index contributed by atoms with van der Waals surface area (Å²) in [6.07, 6.45) is -0.976. The van der Waals surface area contributed by atoms with Gasteiger partial charge < -0.3 is 40.0 Å². The quantitative estimate of drug-likeness (QED) is 0.159. The van der Waals surface area contributed by atoms with Gasteiger partial charge in [-0.3, -0.25) is 24.0 Å². The van der Waals surface area contributed by atoms with Gasteiger partial charge in [0.2, 0.25) is 23.6 Å². The highest BCUT2D eigenvalue weighted by Gasteiger charge is 2.46. The number of benzene rings is 1. The Bertz CT molecular complexity index is 1440. The highest BCUT2D eigenvalue weighted by atomic mass is 19.1. The molecule has 1 aliphatic heterocycles. The summed E-state index contributed by atoms with van der Waals surface area (Å²) < 4.78 is 45.1. The molecule has 2 rings (SSSR count). The number of rotatable bonds is 21. The Morgan fingerprint density at radius 1 is 0.873 bits per heavy atom. The highest BCUT2D eigenvalue weighted by Crippen LogP contribution is 2.31. The van der Waals surface area contributed by atoms with Crippen LogP contribution >= 0.6 is 0 Å².